The van der Waals surface area contributed by atoms with Crippen LogP contribution in [-0.2, 0) is 6.42 Å². The average molecular weight is 481 g/mol. The maximum atomic E-state index is 8.71. The molecule has 37 heavy (non-hydrogen) atoms. The van der Waals surface area contributed by atoms with Crippen LogP contribution in [0, 0.1) is 0 Å². The van der Waals surface area contributed by atoms with Gasteiger partial charge in [-0.2, -0.15) is 0 Å². The predicted octanol–water partition coefficient (Wildman–Crippen LogP) is 9.02. The molecule has 5 aromatic rings. The molecule has 0 aliphatic heterocycles. The lowest BCUT2D eigenvalue weighted by Gasteiger charge is -2.26. The Morgan fingerprint density at radius 3 is 1.95 bits per heavy atom. The van der Waals surface area contributed by atoms with E-state index in [1.807, 2.05) is 42.5 Å². The third-order valence-electron chi connectivity index (χ3n) is 6.30. The SMILES string of the molecule is [NH-]C(N/C(=C\Cc1ccccc1)c1ccc(Nc2ccccc2-c2ccccc2)cc1)c1ccccc1. The summed E-state index contributed by atoms with van der Waals surface area (Å²) in [5, 5.41) is 7.01. The molecule has 0 saturated heterocycles. The molecule has 5 rings (SSSR count). The molecule has 0 heterocycles. The van der Waals surface area contributed by atoms with Crippen molar-refractivity contribution in [2.75, 3.05) is 5.32 Å². The van der Waals surface area contributed by atoms with Crippen LogP contribution in [0.4, 0.5) is 11.4 Å². The minimum Gasteiger partial charge on any atom is -0.654 e. The highest BCUT2D eigenvalue weighted by Crippen LogP contribution is 2.30. The second kappa shape index (κ2) is 11.9. The highest BCUT2D eigenvalue weighted by molar-refractivity contribution is 5.81. The van der Waals surface area contributed by atoms with Crippen molar-refractivity contribution in [1.29, 1.82) is 0 Å². The topological polar surface area (TPSA) is 47.9 Å². The van der Waals surface area contributed by atoms with Gasteiger partial charge >= 0.3 is 0 Å². The smallest absolute Gasteiger partial charge is 0.0463 e. The van der Waals surface area contributed by atoms with Gasteiger partial charge in [-0.3, -0.25) is 0 Å². The molecule has 0 bridgehead atoms. The van der Waals surface area contributed by atoms with E-state index in [2.05, 4.69) is 114 Å². The van der Waals surface area contributed by atoms with Gasteiger partial charge in [-0.1, -0.05) is 127 Å². The van der Waals surface area contributed by atoms with Gasteiger partial charge in [0.05, 0.1) is 0 Å². The number of allylic oxidation sites excluding steroid dienone is 1. The normalized spacial score (nSPS) is 12.1. The van der Waals surface area contributed by atoms with Crippen molar-refractivity contribution in [3.63, 3.8) is 0 Å². The molecule has 0 spiro atoms. The van der Waals surface area contributed by atoms with Crippen LogP contribution in [0.3, 0.4) is 0 Å². The number of hydrogen-bond acceptors (Lipinski definition) is 2. The molecule has 182 valence electrons. The largest absolute Gasteiger partial charge is 0.654 e. The van der Waals surface area contributed by atoms with E-state index < -0.39 is 6.17 Å². The third kappa shape index (κ3) is 6.35. The average Bonchev–Trinajstić information content (AvgIpc) is 2.97. The number of nitrogens with one attached hydrogen (secondary N) is 3. The Morgan fingerprint density at radius 1 is 0.649 bits per heavy atom. The summed E-state index contributed by atoms with van der Waals surface area (Å²) < 4.78 is 0. The summed E-state index contributed by atoms with van der Waals surface area (Å²) in [6.45, 7) is 0. The summed E-state index contributed by atoms with van der Waals surface area (Å²) in [5.41, 5.74) is 17.3. The molecule has 0 fully saturated rings. The molecule has 3 heteroatoms. The maximum Gasteiger partial charge on any atom is 0.0463 e. The van der Waals surface area contributed by atoms with Gasteiger partial charge in [0.1, 0.15) is 0 Å². The van der Waals surface area contributed by atoms with Crippen LogP contribution in [0.1, 0.15) is 22.9 Å². The van der Waals surface area contributed by atoms with Gasteiger partial charge in [0.15, 0.2) is 0 Å². The molecule has 3 nitrogen and oxygen atoms in total. The number of para-hydroxylation sites is 1. The Hall–Kier alpha value is -4.60. The first-order chi connectivity index (χ1) is 18.3. The van der Waals surface area contributed by atoms with Crippen LogP contribution in [0.25, 0.3) is 22.6 Å². The molecule has 1 atom stereocenters. The lowest BCUT2D eigenvalue weighted by atomic mass is 10.0. The number of rotatable bonds is 9. The Labute approximate surface area is 219 Å². The van der Waals surface area contributed by atoms with Crippen molar-refractivity contribution in [3.8, 4) is 11.1 Å². The van der Waals surface area contributed by atoms with E-state index in [1.54, 1.807) is 0 Å². The quantitative estimate of drug-likeness (QED) is 0.221. The number of hydrogen-bond donors (Lipinski definition) is 2. The minimum absolute atomic E-state index is 0.557. The summed E-state index contributed by atoms with van der Waals surface area (Å²) >= 11 is 0. The molecule has 0 aromatic heterocycles. The van der Waals surface area contributed by atoms with Gasteiger partial charge in [-0.15, -0.1) is 0 Å². The Morgan fingerprint density at radius 2 is 1.24 bits per heavy atom. The highest BCUT2D eigenvalue weighted by Gasteiger charge is 2.08. The lowest BCUT2D eigenvalue weighted by molar-refractivity contribution is 0.773. The van der Waals surface area contributed by atoms with Crippen LogP contribution in [0.15, 0.2) is 146 Å². The first-order valence-electron chi connectivity index (χ1n) is 12.5. The van der Waals surface area contributed by atoms with Gasteiger partial charge in [0.2, 0.25) is 0 Å². The fourth-order valence-electron chi connectivity index (χ4n) is 4.33. The van der Waals surface area contributed by atoms with Gasteiger partial charge < -0.3 is 16.4 Å². The molecule has 3 N–H and O–H groups in total. The summed E-state index contributed by atoms with van der Waals surface area (Å²) in [5.74, 6) is 0. The Bertz CT molecular complexity index is 1430. The summed E-state index contributed by atoms with van der Waals surface area (Å²) in [6.07, 6.45) is 2.40. The summed E-state index contributed by atoms with van der Waals surface area (Å²) in [6, 6.07) is 47.5. The van der Waals surface area contributed by atoms with Crippen molar-refractivity contribution in [3.05, 3.63) is 168 Å². The van der Waals surface area contributed by atoms with Gasteiger partial charge in [0.25, 0.3) is 0 Å². The lowest BCUT2D eigenvalue weighted by Crippen LogP contribution is -2.17. The van der Waals surface area contributed by atoms with Crippen LogP contribution in [0.5, 0.6) is 0 Å². The predicted molar refractivity (Wildman–Crippen MR) is 156 cm³/mol. The summed E-state index contributed by atoms with van der Waals surface area (Å²) in [4.78, 5) is 0. The molecule has 5 aromatic carbocycles. The van der Waals surface area contributed by atoms with E-state index in [4.69, 9.17) is 5.73 Å². The fraction of sp³-hybridized carbons (Fsp3) is 0.0588. The van der Waals surface area contributed by atoms with Gasteiger partial charge in [-0.25, -0.2) is 0 Å². The van der Waals surface area contributed by atoms with Crippen molar-refractivity contribution in [2.24, 2.45) is 0 Å². The van der Waals surface area contributed by atoms with E-state index in [0.717, 1.165) is 40.2 Å². The van der Waals surface area contributed by atoms with Crippen molar-refractivity contribution in [1.82, 2.24) is 5.32 Å². The first-order valence-corrected chi connectivity index (χ1v) is 12.5. The number of benzene rings is 5. The second-order valence-corrected chi connectivity index (χ2v) is 8.91. The maximum absolute atomic E-state index is 8.71. The molecule has 0 radical (unpaired) electrons. The van der Waals surface area contributed by atoms with E-state index in [9.17, 15) is 0 Å². The van der Waals surface area contributed by atoms with E-state index >= 15 is 0 Å². The van der Waals surface area contributed by atoms with E-state index in [-0.39, 0.29) is 0 Å². The second-order valence-electron chi connectivity index (χ2n) is 8.91. The standard InChI is InChI=1S/C34H30N3/c35-34(29-16-8-3-9-17-29)37-32(25-20-26-12-4-1-5-13-26)28-21-23-30(24-22-28)36-33-19-11-10-18-31(33)27-14-6-2-7-15-27/h1-19,21-25,34-37H,20H2/q-1/b32-25-. The monoisotopic (exact) mass is 480 g/mol. The van der Waals surface area contributed by atoms with Crippen LogP contribution in [-0.4, -0.2) is 0 Å². The zero-order chi connectivity index (χ0) is 25.3. The minimum atomic E-state index is -0.557. The Kier molecular flexibility index (Phi) is 7.75. The summed E-state index contributed by atoms with van der Waals surface area (Å²) in [7, 11) is 0. The Balaban J connectivity index is 1.38. The van der Waals surface area contributed by atoms with E-state index in [1.165, 1.54) is 11.1 Å². The zero-order valence-corrected chi connectivity index (χ0v) is 20.6. The molecular weight excluding hydrogens is 450 g/mol. The third-order valence-corrected chi connectivity index (χ3v) is 6.30. The van der Waals surface area contributed by atoms with Crippen molar-refractivity contribution in [2.45, 2.75) is 12.6 Å². The molecule has 0 saturated carbocycles. The molecule has 0 aliphatic carbocycles. The fourth-order valence-corrected chi connectivity index (χ4v) is 4.33. The van der Waals surface area contributed by atoms with E-state index in [0.29, 0.717) is 0 Å². The molecular formula is C34H30N3-. The molecule has 1 unspecified atom stereocenters. The van der Waals surface area contributed by atoms with Crippen LogP contribution in [0.2, 0.25) is 0 Å². The number of anilines is 2. The molecule has 0 amide bonds. The van der Waals surface area contributed by atoms with Crippen molar-refractivity contribution < 1.29 is 0 Å². The van der Waals surface area contributed by atoms with Crippen LogP contribution < -0.4 is 10.6 Å². The van der Waals surface area contributed by atoms with Crippen LogP contribution >= 0.6 is 0 Å². The van der Waals surface area contributed by atoms with Gasteiger partial charge in [0, 0.05) is 22.6 Å². The molecule has 0 aliphatic rings. The zero-order valence-electron chi connectivity index (χ0n) is 20.6. The van der Waals surface area contributed by atoms with Gasteiger partial charge in [-0.05, 0) is 53.0 Å². The van der Waals surface area contributed by atoms with Crippen molar-refractivity contribution >= 4 is 17.1 Å². The first kappa shape index (κ1) is 24.1. The highest BCUT2D eigenvalue weighted by atomic mass is 15.0.